The summed E-state index contributed by atoms with van der Waals surface area (Å²) in [6.45, 7) is 6.02. The van der Waals surface area contributed by atoms with Crippen molar-refractivity contribution in [3.63, 3.8) is 0 Å². The minimum atomic E-state index is -4.24. The molecule has 9 heteroatoms. The van der Waals surface area contributed by atoms with Gasteiger partial charge in [-0.2, -0.15) is 8.42 Å². The van der Waals surface area contributed by atoms with Gasteiger partial charge >= 0.3 is 0 Å². The number of thiol groups is 1. The minimum Gasteiger partial charge on any atom is -0.347 e. The maximum absolute atomic E-state index is 11.1. The van der Waals surface area contributed by atoms with Crippen molar-refractivity contribution in [3.8, 4) is 0 Å². The van der Waals surface area contributed by atoms with Crippen molar-refractivity contribution in [2.75, 3.05) is 5.75 Å². The van der Waals surface area contributed by atoms with Crippen molar-refractivity contribution in [2.45, 2.75) is 19.4 Å². The summed E-state index contributed by atoms with van der Waals surface area (Å²) in [4.78, 5) is 11.0. The predicted molar refractivity (Wildman–Crippen MR) is 57.6 cm³/mol. The van der Waals surface area contributed by atoms with E-state index >= 15 is 0 Å². The van der Waals surface area contributed by atoms with Crippen LogP contribution in [0.1, 0.15) is 13.8 Å². The highest BCUT2D eigenvalue weighted by atomic mass is 32.3. The molecule has 0 fully saturated rings. The average molecular weight is 271 g/mol. The fourth-order valence-corrected chi connectivity index (χ4v) is 2.89. The van der Waals surface area contributed by atoms with Crippen LogP contribution in [0.3, 0.4) is 0 Å². The number of rotatable bonds is 6. The second-order valence-electron chi connectivity index (χ2n) is 3.58. The number of hydrogen-bond donors (Lipinski definition) is 2. The van der Waals surface area contributed by atoms with Crippen LogP contribution >= 0.6 is 0 Å². The van der Waals surface area contributed by atoms with Gasteiger partial charge in [0.1, 0.15) is 0 Å². The summed E-state index contributed by atoms with van der Waals surface area (Å²) in [6.07, 6.45) is 0.976. The molecule has 0 aliphatic carbocycles. The molecule has 0 aromatic heterocycles. The Labute approximate surface area is 95.8 Å². The zero-order chi connectivity index (χ0) is 13.0. The van der Waals surface area contributed by atoms with Crippen LogP contribution in [-0.2, 0) is 29.5 Å². The number of carbonyl (C=O) groups is 1. The van der Waals surface area contributed by atoms with Crippen LogP contribution in [0.2, 0.25) is 0 Å². The van der Waals surface area contributed by atoms with Crippen LogP contribution in [0.4, 0.5) is 0 Å². The molecule has 0 saturated heterocycles. The SMILES string of the molecule is C=CC(=O)NC(C)(C)CS(=O)(=O)O[SH](=O)=O. The fraction of sp³-hybridized carbons (Fsp3) is 0.571. The van der Waals surface area contributed by atoms with Crippen molar-refractivity contribution in [3.05, 3.63) is 12.7 Å². The molecule has 0 aromatic carbocycles. The standard InChI is InChI=1S/C7H13NO6S2/c1-4-6(9)8-7(2,3)5-16(12,13)14-15(10)11/h4,15H,1,5H2,2-3H3,(H,8,9). The summed E-state index contributed by atoms with van der Waals surface area (Å²) in [5.74, 6) is -1.23. The smallest absolute Gasteiger partial charge is 0.283 e. The summed E-state index contributed by atoms with van der Waals surface area (Å²) in [7, 11) is -7.72. The monoisotopic (exact) mass is 271 g/mol. The van der Waals surface area contributed by atoms with E-state index < -0.39 is 38.3 Å². The van der Waals surface area contributed by atoms with Gasteiger partial charge in [-0.05, 0) is 19.9 Å². The maximum atomic E-state index is 11.1. The van der Waals surface area contributed by atoms with Crippen LogP contribution in [0.15, 0.2) is 12.7 Å². The first kappa shape index (κ1) is 15.1. The second kappa shape index (κ2) is 5.41. The van der Waals surface area contributed by atoms with Crippen molar-refractivity contribution < 1.29 is 25.3 Å². The zero-order valence-corrected chi connectivity index (χ0v) is 10.5. The largest absolute Gasteiger partial charge is 0.347 e. The Kier molecular flexibility index (Phi) is 5.10. The Hall–Kier alpha value is -0.930. The Balaban J connectivity index is 4.70. The molecule has 0 aliphatic rings. The number of hydrogen-bond acceptors (Lipinski definition) is 6. The van der Waals surface area contributed by atoms with E-state index in [0.29, 0.717) is 0 Å². The van der Waals surface area contributed by atoms with Crippen molar-refractivity contribution >= 4 is 27.0 Å². The highest BCUT2D eigenvalue weighted by molar-refractivity contribution is 7.93. The first-order valence-corrected chi connectivity index (χ1v) is 6.76. The minimum absolute atomic E-state index is 0.563. The summed E-state index contributed by atoms with van der Waals surface area (Å²) in [6, 6.07) is 0. The third kappa shape index (κ3) is 6.53. The molecule has 0 rings (SSSR count). The molecule has 0 heterocycles. The summed E-state index contributed by atoms with van der Waals surface area (Å²) < 4.78 is 46.2. The first-order valence-electron chi connectivity index (χ1n) is 4.09. The van der Waals surface area contributed by atoms with Crippen LogP contribution in [0, 0.1) is 0 Å². The second-order valence-corrected chi connectivity index (χ2v) is 6.02. The molecule has 0 atom stereocenters. The van der Waals surface area contributed by atoms with Crippen molar-refractivity contribution in [1.82, 2.24) is 5.32 Å². The fourth-order valence-electron chi connectivity index (χ4n) is 0.982. The zero-order valence-electron chi connectivity index (χ0n) is 8.80. The third-order valence-electron chi connectivity index (χ3n) is 1.36. The van der Waals surface area contributed by atoms with E-state index in [1.807, 2.05) is 0 Å². The molecular formula is C7H13NO6S2. The highest BCUT2D eigenvalue weighted by Gasteiger charge is 2.28. The van der Waals surface area contributed by atoms with E-state index in [1.54, 1.807) is 0 Å². The van der Waals surface area contributed by atoms with Crippen molar-refractivity contribution in [1.29, 1.82) is 0 Å². The van der Waals surface area contributed by atoms with Gasteiger partial charge < -0.3 is 5.32 Å². The molecule has 0 aromatic rings. The predicted octanol–water partition coefficient (Wildman–Crippen LogP) is -1.06. The third-order valence-corrected chi connectivity index (χ3v) is 3.83. The molecule has 7 nitrogen and oxygen atoms in total. The van der Waals surface area contributed by atoms with Gasteiger partial charge in [0.15, 0.2) is 0 Å². The molecular weight excluding hydrogens is 258 g/mol. The van der Waals surface area contributed by atoms with Gasteiger partial charge in [0, 0.05) is 0 Å². The number of amides is 1. The highest BCUT2D eigenvalue weighted by Crippen LogP contribution is 2.08. The Morgan fingerprint density at radius 2 is 2.00 bits per heavy atom. The maximum Gasteiger partial charge on any atom is 0.283 e. The van der Waals surface area contributed by atoms with E-state index in [4.69, 9.17) is 0 Å². The van der Waals surface area contributed by atoms with Gasteiger partial charge in [-0.3, -0.25) is 4.79 Å². The van der Waals surface area contributed by atoms with Gasteiger partial charge in [0.05, 0.1) is 11.3 Å². The van der Waals surface area contributed by atoms with E-state index in [0.717, 1.165) is 6.08 Å². The molecule has 0 radical (unpaired) electrons. The molecule has 16 heavy (non-hydrogen) atoms. The molecule has 0 aliphatic heterocycles. The van der Waals surface area contributed by atoms with Gasteiger partial charge in [-0.15, -0.1) is 3.63 Å². The summed E-state index contributed by atoms with van der Waals surface area (Å²) in [5.41, 5.74) is -1.16. The number of carbonyl (C=O) groups excluding carboxylic acids is 1. The quantitative estimate of drug-likeness (QED) is 0.471. The Bertz CT molecular complexity index is 439. The summed E-state index contributed by atoms with van der Waals surface area (Å²) in [5, 5.41) is 2.32. The van der Waals surface area contributed by atoms with Gasteiger partial charge in [0.2, 0.25) is 5.91 Å². The molecule has 0 spiro atoms. The molecule has 94 valence electrons. The van der Waals surface area contributed by atoms with E-state index in [-0.39, 0.29) is 0 Å². The molecule has 1 amide bonds. The average Bonchev–Trinajstić information content (AvgIpc) is 1.97. The van der Waals surface area contributed by atoms with Gasteiger partial charge in [0.25, 0.3) is 21.1 Å². The normalized spacial score (nSPS) is 12.4. The first-order chi connectivity index (χ1) is 7.08. The van der Waals surface area contributed by atoms with Crippen LogP contribution in [-0.4, -0.2) is 34.0 Å². The topological polar surface area (TPSA) is 107 Å². The van der Waals surface area contributed by atoms with E-state index in [1.165, 1.54) is 13.8 Å². The lowest BCUT2D eigenvalue weighted by Crippen LogP contribution is -2.48. The van der Waals surface area contributed by atoms with Crippen LogP contribution in [0.25, 0.3) is 0 Å². The lowest BCUT2D eigenvalue weighted by Gasteiger charge is -2.24. The van der Waals surface area contributed by atoms with E-state index in [2.05, 4.69) is 15.5 Å². The number of nitrogens with one attached hydrogen (secondary N) is 1. The van der Waals surface area contributed by atoms with Gasteiger partial charge in [-0.25, -0.2) is 8.42 Å². The Morgan fingerprint density at radius 1 is 1.50 bits per heavy atom. The van der Waals surface area contributed by atoms with Crippen molar-refractivity contribution in [2.24, 2.45) is 0 Å². The molecule has 0 saturated carbocycles. The lowest BCUT2D eigenvalue weighted by molar-refractivity contribution is -0.117. The lowest BCUT2D eigenvalue weighted by atomic mass is 10.1. The molecule has 0 unspecified atom stereocenters. The summed E-state index contributed by atoms with van der Waals surface area (Å²) >= 11 is 0. The van der Waals surface area contributed by atoms with E-state index in [9.17, 15) is 21.6 Å². The van der Waals surface area contributed by atoms with Crippen LogP contribution < -0.4 is 5.32 Å². The molecule has 0 bridgehead atoms. The molecule has 1 N–H and O–H groups in total. The van der Waals surface area contributed by atoms with Gasteiger partial charge in [-0.1, -0.05) is 6.58 Å². The van der Waals surface area contributed by atoms with Crippen LogP contribution in [0.5, 0.6) is 0 Å². The Morgan fingerprint density at radius 3 is 2.38 bits per heavy atom.